The molecule has 1 aromatic carbocycles. The van der Waals surface area contributed by atoms with Crippen molar-refractivity contribution in [2.75, 3.05) is 0 Å². The molecule has 21 heavy (non-hydrogen) atoms. The van der Waals surface area contributed by atoms with Crippen LogP contribution in [0.2, 0.25) is 0 Å². The van der Waals surface area contributed by atoms with Gasteiger partial charge in [-0.15, -0.1) is 12.4 Å². The summed E-state index contributed by atoms with van der Waals surface area (Å²) in [5.41, 5.74) is 1.90. The molecule has 0 radical (unpaired) electrons. The second-order valence-corrected chi connectivity index (χ2v) is 3.58. The van der Waals surface area contributed by atoms with Crippen LogP contribution in [0.5, 0.6) is 0 Å². The van der Waals surface area contributed by atoms with Crippen LogP contribution in [-0.2, 0) is 0 Å². The predicted molar refractivity (Wildman–Crippen MR) is 51.4 cm³/mol. The van der Waals surface area contributed by atoms with Crippen LogP contribution >= 0.6 is 12.4 Å². The Kier molecular flexibility index (Phi) is 5.53. The first kappa shape index (κ1) is 19.8. The van der Waals surface area contributed by atoms with Gasteiger partial charge in [0.1, 0.15) is 6.04 Å². The lowest BCUT2D eigenvalue weighted by Gasteiger charge is -2.26. The molecule has 0 saturated heterocycles. The van der Waals surface area contributed by atoms with E-state index in [1.54, 1.807) is 0 Å². The second-order valence-electron chi connectivity index (χ2n) is 3.58. The van der Waals surface area contributed by atoms with Gasteiger partial charge < -0.3 is 5.73 Å². The lowest BCUT2D eigenvalue weighted by atomic mass is 9.99. The van der Waals surface area contributed by atoms with Gasteiger partial charge in [0.05, 0.1) is 5.56 Å². The molecule has 0 saturated carbocycles. The molecule has 0 bridgehead atoms. The van der Waals surface area contributed by atoms with Gasteiger partial charge in [0.25, 0.3) is 0 Å². The molecule has 0 aliphatic rings. The molecule has 0 aliphatic heterocycles. The van der Waals surface area contributed by atoms with E-state index in [4.69, 9.17) is 0 Å². The van der Waals surface area contributed by atoms with Crippen LogP contribution in [0.4, 0.5) is 43.9 Å². The third-order valence-electron chi connectivity index (χ3n) is 2.32. The van der Waals surface area contributed by atoms with Crippen LogP contribution in [0.3, 0.4) is 0 Å². The minimum atomic E-state index is -6.34. The quantitative estimate of drug-likeness (QED) is 0.486. The summed E-state index contributed by atoms with van der Waals surface area (Å²) in [5.74, 6) is -19.6. The minimum absolute atomic E-state index is 0. The fourth-order valence-electron chi connectivity index (χ4n) is 1.25. The highest BCUT2D eigenvalue weighted by atomic mass is 35.5. The molecule has 1 nitrogen and oxygen atoms in total. The van der Waals surface area contributed by atoms with Crippen LogP contribution in [-0.4, -0.2) is 12.1 Å². The molecule has 0 amide bonds. The molecule has 1 aromatic rings. The van der Waals surface area contributed by atoms with E-state index in [2.05, 4.69) is 5.73 Å². The van der Waals surface area contributed by atoms with Gasteiger partial charge in [-0.1, -0.05) is 0 Å². The third kappa shape index (κ3) is 3.03. The Morgan fingerprint density at radius 1 is 0.667 bits per heavy atom. The van der Waals surface area contributed by atoms with E-state index >= 15 is 0 Å². The molecule has 0 heterocycles. The van der Waals surface area contributed by atoms with Gasteiger partial charge in [-0.3, -0.25) is 0 Å². The molecular formula is C9H4ClF10N. The molecule has 122 valence electrons. The van der Waals surface area contributed by atoms with Crippen molar-refractivity contribution in [2.24, 2.45) is 5.73 Å². The van der Waals surface area contributed by atoms with E-state index in [0.29, 0.717) is 0 Å². The summed E-state index contributed by atoms with van der Waals surface area (Å²) in [7, 11) is 0. The van der Waals surface area contributed by atoms with Crippen molar-refractivity contribution < 1.29 is 43.9 Å². The predicted octanol–water partition coefficient (Wildman–Crippen LogP) is 4.00. The number of nitrogens with two attached hydrogens (primary N) is 1. The molecule has 0 aliphatic carbocycles. The monoisotopic (exact) mass is 351 g/mol. The maximum atomic E-state index is 13.1. The van der Waals surface area contributed by atoms with E-state index in [0.717, 1.165) is 0 Å². The van der Waals surface area contributed by atoms with Crippen LogP contribution in [0.1, 0.15) is 11.6 Å². The summed E-state index contributed by atoms with van der Waals surface area (Å²) < 4.78 is 126. The zero-order valence-corrected chi connectivity index (χ0v) is 10.2. The third-order valence-corrected chi connectivity index (χ3v) is 2.32. The molecule has 1 rings (SSSR count). The van der Waals surface area contributed by atoms with E-state index in [1.165, 1.54) is 0 Å². The van der Waals surface area contributed by atoms with E-state index in [9.17, 15) is 43.9 Å². The zero-order chi connectivity index (χ0) is 16.0. The Hall–Kier alpha value is -1.23. The van der Waals surface area contributed by atoms with E-state index in [1.807, 2.05) is 0 Å². The van der Waals surface area contributed by atoms with Crippen molar-refractivity contribution in [3.63, 3.8) is 0 Å². The first-order valence-corrected chi connectivity index (χ1v) is 4.55. The normalized spacial score (nSPS) is 13.9. The summed E-state index contributed by atoms with van der Waals surface area (Å²) in [6, 6.07) is -3.80. The molecule has 1 atom stereocenters. The van der Waals surface area contributed by atoms with E-state index < -0.39 is 52.8 Å². The Labute approximate surface area is 116 Å². The molecule has 0 unspecified atom stereocenters. The van der Waals surface area contributed by atoms with Gasteiger partial charge in [-0.2, -0.15) is 22.0 Å². The summed E-state index contributed by atoms with van der Waals surface area (Å²) in [6.45, 7) is 0. The fraction of sp³-hybridized carbons (Fsp3) is 0.333. The van der Waals surface area contributed by atoms with E-state index in [-0.39, 0.29) is 12.4 Å². The van der Waals surface area contributed by atoms with Crippen LogP contribution < -0.4 is 5.73 Å². The van der Waals surface area contributed by atoms with Crippen molar-refractivity contribution in [3.8, 4) is 0 Å². The van der Waals surface area contributed by atoms with Crippen molar-refractivity contribution in [2.45, 2.75) is 18.1 Å². The topological polar surface area (TPSA) is 26.0 Å². The Morgan fingerprint density at radius 3 is 1.24 bits per heavy atom. The summed E-state index contributed by atoms with van der Waals surface area (Å²) in [6.07, 6.45) is -6.34. The summed E-state index contributed by atoms with van der Waals surface area (Å²) >= 11 is 0. The largest absolute Gasteiger partial charge is 0.455 e. The van der Waals surface area contributed by atoms with Crippen molar-refractivity contribution in [1.29, 1.82) is 0 Å². The number of alkyl halides is 5. The van der Waals surface area contributed by atoms with Crippen LogP contribution in [0.15, 0.2) is 0 Å². The summed E-state index contributed by atoms with van der Waals surface area (Å²) in [4.78, 5) is 0. The Bertz CT molecular complexity index is 511. The zero-order valence-electron chi connectivity index (χ0n) is 9.34. The van der Waals surface area contributed by atoms with Crippen molar-refractivity contribution >= 4 is 12.4 Å². The smallest absolute Gasteiger partial charge is 0.319 e. The highest BCUT2D eigenvalue weighted by Crippen LogP contribution is 2.45. The van der Waals surface area contributed by atoms with Gasteiger partial charge in [-0.25, -0.2) is 22.0 Å². The molecular weight excluding hydrogens is 348 g/mol. The first-order valence-electron chi connectivity index (χ1n) is 4.55. The lowest BCUT2D eigenvalue weighted by Crippen LogP contribution is -2.46. The number of hydrogen-bond acceptors (Lipinski definition) is 1. The highest BCUT2D eigenvalue weighted by molar-refractivity contribution is 5.85. The Balaban J connectivity index is 0.00000400. The SMILES string of the molecule is Cl.N[C@@H](c1c(F)c(F)c(F)c(F)c1F)C(F)(F)C(F)(F)F. The molecule has 0 aromatic heterocycles. The number of rotatable bonds is 2. The minimum Gasteiger partial charge on any atom is -0.319 e. The van der Waals surface area contributed by atoms with Crippen molar-refractivity contribution in [3.05, 3.63) is 34.6 Å². The maximum absolute atomic E-state index is 13.1. The standard InChI is InChI=1S/C9H3F10N.ClH/c10-2-1(3(11)5(13)6(14)4(2)12)7(20)8(15,16)9(17,18)19;/h7H,20H2;1H/t7-;/m0./s1. The second kappa shape index (κ2) is 5.87. The van der Waals surface area contributed by atoms with Gasteiger partial charge in [0.15, 0.2) is 23.3 Å². The van der Waals surface area contributed by atoms with Crippen LogP contribution in [0, 0.1) is 29.1 Å². The molecule has 0 spiro atoms. The maximum Gasteiger partial charge on any atom is 0.455 e. The Morgan fingerprint density at radius 2 is 0.952 bits per heavy atom. The first-order chi connectivity index (χ1) is 8.84. The molecule has 0 fully saturated rings. The number of hydrogen-bond donors (Lipinski definition) is 1. The summed E-state index contributed by atoms with van der Waals surface area (Å²) in [5, 5.41) is 0. The van der Waals surface area contributed by atoms with Gasteiger partial charge in [-0.05, 0) is 0 Å². The number of benzene rings is 1. The van der Waals surface area contributed by atoms with Crippen molar-refractivity contribution in [1.82, 2.24) is 0 Å². The van der Waals surface area contributed by atoms with Crippen LogP contribution in [0.25, 0.3) is 0 Å². The fourth-order valence-corrected chi connectivity index (χ4v) is 1.25. The highest BCUT2D eigenvalue weighted by Gasteiger charge is 2.63. The van der Waals surface area contributed by atoms with Gasteiger partial charge >= 0.3 is 12.1 Å². The lowest BCUT2D eigenvalue weighted by molar-refractivity contribution is -0.291. The van der Waals surface area contributed by atoms with Gasteiger partial charge in [0.2, 0.25) is 5.82 Å². The molecule has 12 heteroatoms. The van der Waals surface area contributed by atoms with Gasteiger partial charge in [0, 0.05) is 0 Å². The average Bonchev–Trinajstić information content (AvgIpc) is 2.32. The molecule has 2 N–H and O–H groups in total. The number of halogens is 11. The average molecular weight is 352 g/mol.